The molecule has 0 saturated carbocycles. The van der Waals surface area contributed by atoms with Gasteiger partial charge in [-0.25, -0.2) is 0 Å². The van der Waals surface area contributed by atoms with Crippen molar-refractivity contribution < 1.29 is 9.59 Å². The number of nitrogens with zero attached hydrogens (tertiary/aromatic N) is 1. The Morgan fingerprint density at radius 2 is 1.69 bits per heavy atom. The van der Waals surface area contributed by atoms with E-state index >= 15 is 0 Å². The van der Waals surface area contributed by atoms with E-state index in [2.05, 4.69) is 12.2 Å². The summed E-state index contributed by atoms with van der Waals surface area (Å²) in [7, 11) is 0. The molecule has 0 spiro atoms. The highest BCUT2D eigenvalue weighted by molar-refractivity contribution is 6.05. The molecule has 0 bridgehead atoms. The molecule has 2 amide bonds. The fraction of sp³-hybridized carbons (Fsp3) is 0.833. The van der Waals surface area contributed by atoms with Crippen LogP contribution in [0.25, 0.3) is 0 Å². The second kappa shape index (κ2) is 4.17. The van der Waals surface area contributed by atoms with Crippen molar-refractivity contribution in [1.29, 1.82) is 0 Å². The third-order valence-corrected chi connectivity index (χ3v) is 3.97. The fourth-order valence-electron chi connectivity index (χ4n) is 2.68. The molecule has 2 rings (SSSR count). The van der Waals surface area contributed by atoms with Gasteiger partial charge in [-0.3, -0.25) is 14.5 Å². The zero-order chi connectivity index (χ0) is 11.9. The van der Waals surface area contributed by atoms with E-state index in [4.69, 9.17) is 0 Å². The summed E-state index contributed by atoms with van der Waals surface area (Å²) < 4.78 is 0. The second-order valence-corrected chi connectivity index (χ2v) is 5.16. The molecule has 0 radical (unpaired) electrons. The molecule has 0 aromatic heterocycles. The average molecular weight is 224 g/mol. The van der Waals surface area contributed by atoms with E-state index in [1.807, 2.05) is 13.8 Å². The molecule has 4 atom stereocenters. The van der Waals surface area contributed by atoms with Gasteiger partial charge in [-0.2, -0.15) is 0 Å². The number of amides is 2. The van der Waals surface area contributed by atoms with Crippen molar-refractivity contribution in [2.24, 2.45) is 11.8 Å². The number of carbonyl (C=O) groups excluding carboxylic acids is 2. The van der Waals surface area contributed by atoms with Gasteiger partial charge in [0, 0.05) is 23.9 Å². The van der Waals surface area contributed by atoms with Crippen LogP contribution in [0.1, 0.15) is 33.6 Å². The molecule has 16 heavy (non-hydrogen) atoms. The zero-order valence-corrected chi connectivity index (χ0v) is 10.2. The summed E-state index contributed by atoms with van der Waals surface area (Å²) in [6.07, 6.45) is 1.78. The average Bonchev–Trinajstić information content (AvgIpc) is 2.44. The number of nitrogens with one attached hydrogen (secondary N) is 1. The molecular formula is C12H20N2O2. The molecule has 2 saturated heterocycles. The van der Waals surface area contributed by atoms with Crippen molar-refractivity contribution >= 4 is 11.8 Å². The van der Waals surface area contributed by atoms with Crippen LogP contribution in [-0.2, 0) is 9.59 Å². The predicted octanol–water partition coefficient (Wildman–Crippen LogP) is 0.768. The first-order valence-electron chi connectivity index (χ1n) is 6.12. The number of hydrogen-bond acceptors (Lipinski definition) is 3. The third kappa shape index (κ3) is 1.75. The van der Waals surface area contributed by atoms with E-state index in [1.54, 1.807) is 0 Å². The minimum atomic E-state index is -0.141. The molecule has 0 aliphatic carbocycles. The van der Waals surface area contributed by atoms with Gasteiger partial charge in [0.1, 0.15) is 0 Å². The summed E-state index contributed by atoms with van der Waals surface area (Å²) in [6, 6.07) is 0.509. The number of rotatable bonds is 1. The van der Waals surface area contributed by atoms with Crippen LogP contribution in [0, 0.1) is 11.8 Å². The van der Waals surface area contributed by atoms with Gasteiger partial charge in [0.05, 0.1) is 0 Å². The largest absolute Gasteiger partial charge is 0.314 e. The van der Waals surface area contributed by atoms with Crippen LogP contribution in [0.15, 0.2) is 0 Å². The Bertz CT molecular complexity index is 296. The van der Waals surface area contributed by atoms with Crippen molar-refractivity contribution in [3.63, 3.8) is 0 Å². The Balaban J connectivity index is 2.14. The molecule has 2 aliphatic rings. The van der Waals surface area contributed by atoms with Gasteiger partial charge in [0.25, 0.3) is 0 Å². The first kappa shape index (κ1) is 11.6. The number of hydrogen-bond donors (Lipinski definition) is 1. The Labute approximate surface area is 96.4 Å². The van der Waals surface area contributed by atoms with Gasteiger partial charge in [-0.05, 0) is 26.3 Å². The SMILES string of the molecule is CC1CC(N2C(=O)C(C)C(C)C2=O)CCN1. The highest BCUT2D eigenvalue weighted by atomic mass is 16.2. The van der Waals surface area contributed by atoms with Crippen LogP contribution in [0.3, 0.4) is 0 Å². The molecule has 0 aromatic carbocycles. The number of carbonyl (C=O) groups is 2. The normalized spacial score (nSPS) is 40.6. The van der Waals surface area contributed by atoms with Crippen molar-refractivity contribution in [1.82, 2.24) is 10.2 Å². The predicted molar refractivity (Wildman–Crippen MR) is 60.7 cm³/mol. The number of piperidine rings is 1. The molecule has 90 valence electrons. The standard InChI is InChI=1S/C12H20N2O2/c1-7-6-10(4-5-13-7)14-11(15)8(2)9(3)12(14)16/h7-10,13H,4-6H2,1-3H3. The second-order valence-electron chi connectivity index (χ2n) is 5.16. The van der Waals surface area contributed by atoms with Crippen LogP contribution in [0.4, 0.5) is 0 Å². The van der Waals surface area contributed by atoms with Crippen LogP contribution in [0.5, 0.6) is 0 Å². The topological polar surface area (TPSA) is 49.4 Å². The molecule has 0 aromatic rings. The van der Waals surface area contributed by atoms with E-state index in [0.717, 1.165) is 19.4 Å². The van der Waals surface area contributed by atoms with Gasteiger partial charge in [-0.15, -0.1) is 0 Å². The maximum atomic E-state index is 12.0. The van der Waals surface area contributed by atoms with Gasteiger partial charge >= 0.3 is 0 Å². The highest BCUT2D eigenvalue weighted by Gasteiger charge is 2.45. The lowest BCUT2D eigenvalue weighted by atomic mass is 9.99. The van der Waals surface area contributed by atoms with Gasteiger partial charge < -0.3 is 5.32 Å². The number of imide groups is 1. The minimum Gasteiger partial charge on any atom is -0.314 e. The lowest BCUT2D eigenvalue weighted by molar-refractivity contribution is -0.143. The van der Waals surface area contributed by atoms with Crippen LogP contribution >= 0.6 is 0 Å². The summed E-state index contributed by atoms with van der Waals surface area (Å²) in [5.41, 5.74) is 0. The number of likely N-dealkylation sites (tertiary alicyclic amines) is 1. The summed E-state index contributed by atoms with van der Waals surface area (Å²) in [4.78, 5) is 25.6. The molecular weight excluding hydrogens is 204 g/mol. The molecule has 4 nitrogen and oxygen atoms in total. The van der Waals surface area contributed by atoms with Crippen molar-refractivity contribution in [2.75, 3.05) is 6.54 Å². The lowest BCUT2D eigenvalue weighted by Gasteiger charge is -2.33. The molecule has 1 N–H and O–H groups in total. The van der Waals surface area contributed by atoms with E-state index in [0.29, 0.717) is 6.04 Å². The van der Waals surface area contributed by atoms with Gasteiger partial charge in [0.15, 0.2) is 0 Å². The summed E-state index contributed by atoms with van der Waals surface area (Å²) in [6.45, 7) is 6.71. The Morgan fingerprint density at radius 3 is 2.19 bits per heavy atom. The Morgan fingerprint density at radius 1 is 1.12 bits per heavy atom. The molecule has 2 heterocycles. The van der Waals surface area contributed by atoms with Crippen LogP contribution in [-0.4, -0.2) is 35.3 Å². The van der Waals surface area contributed by atoms with E-state index in [-0.39, 0.29) is 29.7 Å². The summed E-state index contributed by atoms with van der Waals surface area (Å²) in [5, 5.41) is 3.34. The third-order valence-electron chi connectivity index (χ3n) is 3.97. The molecule has 4 unspecified atom stereocenters. The smallest absolute Gasteiger partial charge is 0.233 e. The lowest BCUT2D eigenvalue weighted by Crippen LogP contribution is -2.49. The van der Waals surface area contributed by atoms with Crippen molar-refractivity contribution in [2.45, 2.75) is 45.7 Å². The van der Waals surface area contributed by atoms with Crippen molar-refractivity contribution in [3.8, 4) is 0 Å². The van der Waals surface area contributed by atoms with E-state index in [9.17, 15) is 9.59 Å². The molecule has 2 fully saturated rings. The van der Waals surface area contributed by atoms with Crippen LogP contribution in [0.2, 0.25) is 0 Å². The first-order valence-corrected chi connectivity index (χ1v) is 6.12. The maximum Gasteiger partial charge on any atom is 0.233 e. The quantitative estimate of drug-likeness (QED) is 0.669. The van der Waals surface area contributed by atoms with Crippen molar-refractivity contribution in [3.05, 3.63) is 0 Å². The monoisotopic (exact) mass is 224 g/mol. The van der Waals surface area contributed by atoms with Gasteiger partial charge in [-0.1, -0.05) is 13.8 Å². The van der Waals surface area contributed by atoms with E-state index < -0.39 is 0 Å². The molecule has 2 aliphatic heterocycles. The zero-order valence-electron chi connectivity index (χ0n) is 10.2. The Hall–Kier alpha value is -0.900. The highest BCUT2D eigenvalue weighted by Crippen LogP contribution is 2.30. The van der Waals surface area contributed by atoms with Gasteiger partial charge in [0.2, 0.25) is 11.8 Å². The van der Waals surface area contributed by atoms with E-state index in [1.165, 1.54) is 4.90 Å². The van der Waals surface area contributed by atoms with Crippen LogP contribution < -0.4 is 5.32 Å². The molecule has 4 heteroatoms. The summed E-state index contributed by atoms with van der Waals surface area (Å²) >= 11 is 0. The maximum absolute atomic E-state index is 12.0. The Kier molecular flexibility index (Phi) is 3.02. The summed E-state index contributed by atoms with van der Waals surface area (Å²) in [5.74, 6) is -0.233. The fourth-order valence-corrected chi connectivity index (χ4v) is 2.68. The minimum absolute atomic E-state index is 0.0246. The first-order chi connectivity index (χ1) is 7.52.